The van der Waals surface area contributed by atoms with Crippen LogP contribution in [0, 0.1) is 17.7 Å². The number of aromatic nitrogens is 2. The fourth-order valence-corrected chi connectivity index (χ4v) is 12.9. The Balaban J connectivity index is 0.556. The molecule has 10 rings (SSSR count). The fraction of sp³-hybridized carbons (Fsp3) is 0.375. The third kappa shape index (κ3) is 16.3. The van der Waals surface area contributed by atoms with Crippen molar-refractivity contribution in [2.24, 2.45) is 5.84 Å². The smallest absolute Gasteiger partial charge is 0.355 e. The molecule has 1 atom stereocenters. The lowest BCUT2D eigenvalue weighted by atomic mass is 9.94. The van der Waals surface area contributed by atoms with E-state index in [-0.39, 0.29) is 61.1 Å². The van der Waals surface area contributed by atoms with Gasteiger partial charge in [-0.3, -0.25) is 50.2 Å². The molecule has 2 fully saturated rings. The number of para-hydroxylation sites is 1. The Morgan fingerprint density at radius 2 is 1.68 bits per heavy atom. The maximum absolute atomic E-state index is 15.2. The van der Waals surface area contributed by atoms with Crippen molar-refractivity contribution in [3.63, 3.8) is 0 Å². The number of nitrogens with zero attached hydrogens (tertiary/aromatic N) is 6. The van der Waals surface area contributed by atoms with Crippen LogP contribution in [-0.4, -0.2) is 170 Å². The van der Waals surface area contributed by atoms with Crippen molar-refractivity contribution in [1.82, 2.24) is 40.7 Å². The summed E-state index contributed by atoms with van der Waals surface area (Å²) in [4.78, 5) is 93.6. The third-order valence-electron chi connectivity index (χ3n) is 15.5. The van der Waals surface area contributed by atoms with Crippen LogP contribution in [0.15, 0.2) is 97.3 Å². The maximum atomic E-state index is 15.2. The number of fused-ring (bicyclic) bond motifs is 3. The molecule has 8 N–H and O–H groups in total. The van der Waals surface area contributed by atoms with Crippen LogP contribution in [0.4, 0.5) is 20.3 Å². The first-order chi connectivity index (χ1) is 43.8. The number of hydrazine groups is 1. The average Bonchev–Trinajstić information content (AvgIpc) is 1.60. The minimum Gasteiger partial charge on any atom is -0.491 e. The van der Waals surface area contributed by atoms with E-state index >= 15 is 4.39 Å². The molecular formula is C64H71FN12O11S2. The van der Waals surface area contributed by atoms with E-state index in [2.05, 4.69) is 60.0 Å². The van der Waals surface area contributed by atoms with Gasteiger partial charge in [0.05, 0.1) is 74.3 Å². The van der Waals surface area contributed by atoms with Gasteiger partial charge in [-0.15, -0.1) is 11.3 Å². The van der Waals surface area contributed by atoms with Crippen LogP contribution in [0.3, 0.4) is 0 Å². The number of halogens is 1. The standard InChI is InChI=1S/C64H71FN12O11S2/c1-41-45-11-5-14-50(57(45)61(82)77(41)51-19-21-55(78)70-60(51)81)68-24-32-85-33-34-86-35-36-87-40-44(73-66)38-67-23-6-17-56(79)75-29-27-74(28-30-75)25-7-9-42-18-20-52(48(65)37-42)88-31-8-16-54-58(62(83)84)71-64(90-54)76-26-22-43-10-4-12-46(47(43)39-76)59(80)72-63-69-49-13-2-3-15-53(49)89-63/h2-5,10-15,18,20,37-38,51,67-68,73H,1,6,8,16-17,19,21-36,39-40,66H2,(H,83,84)(H,69,72,80)(H,70,78,81)/b44-38-. The number of piperidine rings is 1. The first-order valence-corrected chi connectivity index (χ1v) is 31.5. The first-order valence-electron chi connectivity index (χ1n) is 29.8. The number of piperazine rings is 1. The van der Waals surface area contributed by atoms with Crippen LogP contribution in [0.5, 0.6) is 5.75 Å². The Bertz CT molecular complexity index is 3690. The molecule has 0 aliphatic carbocycles. The highest BCUT2D eigenvalue weighted by molar-refractivity contribution is 7.22. The average molecular weight is 1270 g/mol. The van der Waals surface area contributed by atoms with E-state index in [0.717, 1.165) is 21.3 Å². The molecule has 472 valence electrons. The molecule has 0 bridgehead atoms. The number of carboxylic acid groups (broad SMARTS) is 1. The fourth-order valence-electron chi connectivity index (χ4n) is 10.9. The number of carbonyl (C=O) groups is 6. The second-order valence-corrected chi connectivity index (χ2v) is 23.7. The van der Waals surface area contributed by atoms with Gasteiger partial charge in [0.25, 0.3) is 11.8 Å². The molecule has 90 heavy (non-hydrogen) atoms. The molecule has 6 aromatic rings. The number of carboxylic acids is 1. The van der Waals surface area contributed by atoms with Gasteiger partial charge < -0.3 is 49.9 Å². The Morgan fingerprint density at radius 3 is 2.47 bits per heavy atom. The van der Waals surface area contributed by atoms with Gasteiger partial charge in [-0.25, -0.2) is 19.2 Å². The van der Waals surface area contributed by atoms with Crippen LogP contribution >= 0.6 is 22.7 Å². The van der Waals surface area contributed by atoms with Gasteiger partial charge in [0, 0.05) is 104 Å². The largest absolute Gasteiger partial charge is 0.491 e. The molecule has 2 aromatic heterocycles. The topological polar surface area (TPSA) is 284 Å². The number of hydrogen-bond donors (Lipinski definition) is 7. The quantitative estimate of drug-likeness (QED) is 0.00935. The number of nitrogens with one attached hydrogen (secondary N) is 5. The number of hydrogen-bond acceptors (Lipinski definition) is 20. The van der Waals surface area contributed by atoms with E-state index < -0.39 is 23.7 Å². The van der Waals surface area contributed by atoms with E-state index in [1.807, 2.05) is 52.3 Å². The van der Waals surface area contributed by atoms with Gasteiger partial charge in [-0.2, -0.15) is 0 Å². The van der Waals surface area contributed by atoms with Gasteiger partial charge >= 0.3 is 5.97 Å². The molecule has 2 saturated heterocycles. The zero-order chi connectivity index (χ0) is 62.9. The molecule has 0 spiro atoms. The number of thiazole rings is 2. The number of imide groups is 1. The van der Waals surface area contributed by atoms with Gasteiger partial charge in [0.2, 0.25) is 17.7 Å². The van der Waals surface area contributed by atoms with Gasteiger partial charge in [-0.05, 0) is 85.7 Å². The summed E-state index contributed by atoms with van der Waals surface area (Å²) in [6.45, 7) is 11.1. The summed E-state index contributed by atoms with van der Waals surface area (Å²) in [5.41, 5.74) is 9.08. The number of rotatable bonds is 29. The normalized spacial score (nSPS) is 15.9. The summed E-state index contributed by atoms with van der Waals surface area (Å²) in [6.07, 6.45) is 4.56. The number of aryl methyl sites for hydroxylation is 1. The van der Waals surface area contributed by atoms with E-state index in [4.69, 9.17) is 24.8 Å². The van der Waals surface area contributed by atoms with Crippen LogP contribution in [-0.2, 0) is 48.0 Å². The Labute approximate surface area is 527 Å². The molecule has 6 heterocycles. The van der Waals surface area contributed by atoms with Crippen molar-refractivity contribution in [2.75, 3.05) is 114 Å². The number of carbonyl (C=O) groups excluding carboxylic acids is 5. The molecule has 1 unspecified atom stereocenters. The SMILES string of the molecule is C=C1c2cccc(NCCOCCOCCOC/C(=C/NCCCC(=O)N3CCN(CC#Cc4ccc(OCCCc5sc(N6CCc7cccc(C(=O)Nc8nc9ccccc9s8)c7C6)nc5C(=O)O)c(F)c4)CC3)NN)c2C(=O)N1C1CCC(=O)NC1=O. The second kappa shape index (κ2) is 31.1. The lowest BCUT2D eigenvalue weighted by Crippen LogP contribution is -2.52. The summed E-state index contributed by atoms with van der Waals surface area (Å²) >= 11 is 2.71. The molecule has 4 aromatic carbocycles. The second-order valence-electron chi connectivity index (χ2n) is 21.6. The number of ether oxygens (including phenoxy) is 4. The minimum atomic E-state index is -1.13. The highest BCUT2D eigenvalue weighted by Gasteiger charge is 2.42. The van der Waals surface area contributed by atoms with Crippen LogP contribution < -0.4 is 42.2 Å². The highest BCUT2D eigenvalue weighted by atomic mass is 32.1. The molecule has 5 amide bonds. The predicted octanol–water partition coefficient (Wildman–Crippen LogP) is 5.98. The van der Waals surface area contributed by atoms with Crippen molar-refractivity contribution >= 4 is 90.0 Å². The van der Waals surface area contributed by atoms with Crippen molar-refractivity contribution in [3.8, 4) is 17.6 Å². The third-order valence-corrected chi connectivity index (χ3v) is 17.7. The number of amides is 5. The first kappa shape index (κ1) is 64.2. The molecule has 4 aliphatic rings. The maximum Gasteiger partial charge on any atom is 0.355 e. The monoisotopic (exact) mass is 1270 g/mol. The molecule has 23 nitrogen and oxygen atoms in total. The van der Waals surface area contributed by atoms with Gasteiger partial charge in [0.15, 0.2) is 27.5 Å². The van der Waals surface area contributed by atoms with Crippen molar-refractivity contribution in [3.05, 3.63) is 147 Å². The Hall–Kier alpha value is -8.81. The number of anilines is 3. The summed E-state index contributed by atoms with van der Waals surface area (Å²) in [5, 5.41) is 22.9. The van der Waals surface area contributed by atoms with Crippen LogP contribution in [0.1, 0.15) is 90.4 Å². The van der Waals surface area contributed by atoms with E-state index in [0.29, 0.717) is 179 Å². The zero-order valence-electron chi connectivity index (χ0n) is 49.6. The minimum absolute atomic E-state index is 0.0290. The van der Waals surface area contributed by atoms with Crippen LogP contribution in [0.2, 0.25) is 0 Å². The van der Waals surface area contributed by atoms with Crippen LogP contribution in [0.25, 0.3) is 15.9 Å². The lowest BCUT2D eigenvalue weighted by Gasteiger charge is -2.33. The van der Waals surface area contributed by atoms with Crippen molar-refractivity contribution in [1.29, 1.82) is 0 Å². The Morgan fingerprint density at radius 1 is 0.878 bits per heavy atom. The predicted molar refractivity (Wildman–Crippen MR) is 339 cm³/mol. The van der Waals surface area contributed by atoms with Gasteiger partial charge in [0.1, 0.15) is 6.04 Å². The highest BCUT2D eigenvalue weighted by Crippen LogP contribution is 2.39. The molecule has 0 saturated carbocycles. The summed E-state index contributed by atoms with van der Waals surface area (Å²) in [6, 6.07) is 22.5. The van der Waals surface area contributed by atoms with Crippen molar-refractivity contribution in [2.45, 2.75) is 57.5 Å². The molecule has 0 radical (unpaired) electrons. The Kier molecular flexibility index (Phi) is 22.2. The summed E-state index contributed by atoms with van der Waals surface area (Å²) < 4.78 is 39.0. The van der Waals surface area contributed by atoms with E-state index in [1.165, 1.54) is 33.6 Å². The van der Waals surface area contributed by atoms with E-state index in [1.54, 1.807) is 36.5 Å². The molecule has 4 aliphatic heterocycles. The zero-order valence-corrected chi connectivity index (χ0v) is 51.2. The number of benzene rings is 4. The van der Waals surface area contributed by atoms with E-state index in [9.17, 15) is 33.9 Å². The lowest BCUT2D eigenvalue weighted by molar-refractivity contribution is -0.136. The number of aromatic carboxylic acids is 1. The summed E-state index contributed by atoms with van der Waals surface area (Å²) in [5.74, 6) is 8.87. The molecule has 26 heteroatoms. The van der Waals surface area contributed by atoms with Gasteiger partial charge in [-0.1, -0.05) is 66.2 Å². The number of nitrogens with two attached hydrogens (primary N) is 1. The molecular weight excluding hydrogens is 1200 g/mol. The summed E-state index contributed by atoms with van der Waals surface area (Å²) in [7, 11) is 0. The van der Waals surface area contributed by atoms with Crippen molar-refractivity contribution < 1.29 is 57.2 Å².